The lowest BCUT2D eigenvalue weighted by atomic mass is 9.82. The molecule has 0 aromatic heterocycles. The average molecular weight is 550 g/mol. The van der Waals surface area contributed by atoms with Gasteiger partial charge in [0.25, 0.3) is 5.91 Å². The van der Waals surface area contributed by atoms with Crippen molar-refractivity contribution < 1.29 is 28.7 Å². The van der Waals surface area contributed by atoms with Gasteiger partial charge in [0.05, 0.1) is 0 Å². The number of esters is 1. The zero-order valence-corrected chi connectivity index (χ0v) is 21.9. The molecule has 206 valence electrons. The Morgan fingerprint density at radius 1 is 0.756 bits per heavy atom. The summed E-state index contributed by atoms with van der Waals surface area (Å²) in [5.74, 6) is -1.48. The van der Waals surface area contributed by atoms with Gasteiger partial charge in [0.15, 0.2) is 5.54 Å². The molecule has 1 atom stereocenters. The Hall–Kier alpha value is -5.44. The number of carbonyl (C=O) groups is 4. The van der Waals surface area contributed by atoms with E-state index in [1.807, 2.05) is 30.3 Å². The van der Waals surface area contributed by atoms with E-state index in [-0.39, 0.29) is 6.61 Å². The number of amides is 4. The molecule has 5 rings (SSSR count). The first-order valence-electron chi connectivity index (χ1n) is 12.9. The van der Waals surface area contributed by atoms with Crippen molar-refractivity contribution in [3.8, 4) is 0 Å². The number of benzene rings is 4. The van der Waals surface area contributed by atoms with Crippen LogP contribution in [0.15, 0.2) is 121 Å². The second kappa shape index (κ2) is 12.2. The maximum Gasteiger partial charge on any atom is 0.407 e. The van der Waals surface area contributed by atoms with Crippen molar-refractivity contribution in [1.82, 2.24) is 15.5 Å². The molecule has 4 aromatic carbocycles. The van der Waals surface area contributed by atoms with Gasteiger partial charge in [-0.25, -0.2) is 14.5 Å². The zero-order chi connectivity index (χ0) is 28.7. The lowest BCUT2D eigenvalue weighted by molar-refractivity contribution is -0.160. The first-order chi connectivity index (χ1) is 20.0. The van der Waals surface area contributed by atoms with Crippen LogP contribution in [-0.2, 0) is 31.2 Å². The van der Waals surface area contributed by atoms with Crippen LogP contribution < -0.4 is 10.6 Å². The van der Waals surface area contributed by atoms with E-state index in [0.29, 0.717) is 16.7 Å². The SMILES string of the molecule is O=C(CNC(=O)OCc1ccccc1)OC(c1ccccc1)N1C(=O)NC(c2ccccc2)(c2ccccc2)C1=O. The minimum atomic E-state index is -1.54. The van der Waals surface area contributed by atoms with Crippen LogP contribution in [0.2, 0.25) is 0 Å². The predicted molar refractivity (Wildman–Crippen MR) is 149 cm³/mol. The molecule has 4 aromatic rings. The van der Waals surface area contributed by atoms with Crippen LogP contribution in [0.25, 0.3) is 0 Å². The predicted octanol–water partition coefficient (Wildman–Crippen LogP) is 4.65. The van der Waals surface area contributed by atoms with Gasteiger partial charge in [-0.3, -0.25) is 9.59 Å². The highest BCUT2D eigenvalue weighted by Crippen LogP contribution is 2.39. The molecule has 1 saturated heterocycles. The molecule has 0 radical (unpaired) electrons. The normalized spacial score (nSPS) is 14.6. The summed E-state index contributed by atoms with van der Waals surface area (Å²) in [5, 5.41) is 5.21. The number of nitrogens with one attached hydrogen (secondary N) is 2. The number of imide groups is 1. The summed E-state index contributed by atoms with van der Waals surface area (Å²) in [6.45, 7) is -0.513. The molecule has 1 aliphatic heterocycles. The topological polar surface area (TPSA) is 114 Å². The summed E-state index contributed by atoms with van der Waals surface area (Å²) in [7, 11) is 0. The maximum absolute atomic E-state index is 14.3. The molecule has 1 unspecified atom stereocenters. The second-order valence-corrected chi connectivity index (χ2v) is 9.26. The standard InChI is InChI=1S/C32H27N3O6/c36-27(21-33-31(39)40-22-23-13-5-1-6-14-23)41-28(24-15-7-2-8-16-24)35-29(37)32(34-30(35)38,25-17-9-3-10-18-25)26-19-11-4-12-20-26/h1-20,28H,21-22H2,(H,33,39)(H,34,38). The molecule has 9 nitrogen and oxygen atoms in total. The Morgan fingerprint density at radius 3 is 1.83 bits per heavy atom. The minimum absolute atomic E-state index is 0.0257. The minimum Gasteiger partial charge on any atom is -0.445 e. The highest BCUT2D eigenvalue weighted by atomic mass is 16.6. The monoisotopic (exact) mass is 549 g/mol. The van der Waals surface area contributed by atoms with Crippen molar-refractivity contribution >= 4 is 24.0 Å². The Balaban J connectivity index is 1.38. The number of nitrogens with zero attached hydrogens (tertiary/aromatic N) is 1. The molecule has 0 spiro atoms. The summed E-state index contributed by atoms with van der Waals surface area (Å²) in [4.78, 5) is 53.8. The van der Waals surface area contributed by atoms with Gasteiger partial charge in [-0.1, -0.05) is 121 Å². The van der Waals surface area contributed by atoms with E-state index >= 15 is 0 Å². The van der Waals surface area contributed by atoms with E-state index in [9.17, 15) is 19.2 Å². The van der Waals surface area contributed by atoms with Crippen LogP contribution >= 0.6 is 0 Å². The third kappa shape index (κ3) is 5.79. The molecule has 1 aliphatic rings. The molecule has 1 fully saturated rings. The van der Waals surface area contributed by atoms with Gasteiger partial charge in [-0.15, -0.1) is 0 Å². The summed E-state index contributed by atoms with van der Waals surface area (Å²) < 4.78 is 10.8. The molecule has 0 aliphatic carbocycles. The molecule has 41 heavy (non-hydrogen) atoms. The Morgan fingerprint density at radius 2 is 1.27 bits per heavy atom. The summed E-state index contributed by atoms with van der Waals surface area (Å²) in [5.41, 5.74) is 0.737. The highest BCUT2D eigenvalue weighted by Gasteiger charge is 2.56. The fourth-order valence-corrected chi connectivity index (χ4v) is 4.67. The molecule has 0 bridgehead atoms. The smallest absolute Gasteiger partial charge is 0.407 e. The van der Waals surface area contributed by atoms with E-state index < -0.39 is 42.3 Å². The molecule has 2 N–H and O–H groups in total. The Labute approximate surface area is 236 Å². The fourth-order valence-electron chi connectivity index (χ4n) is 4.67. The van der Waals surface area contributed by atoms with Crippen LogP contribution in [0.1, 0.15) is 28.5 Å². The quantitative estimate of drug-likeness (QED) is 0.232. The van der Waals surface area contributed by atoms with Crippen molar-refractivity contribution in [2.75, 3.05) is 6.54 Å². The Bertz CT molecular complexity index is 1480. The number of alkyl carbamates (subject to hydrolysis) is 1. The van der Waals surface area contributed by atoms with Gasteiger partial charge in [0.1, 0.15) is 13.2 Å². The van der Waals surface area contributed by atoms with Crippen LogP contribution in [0.3, 0.4) is 0 Å². The van der Waals surface area contributed by atoms with Crippen molar-refractivity contribution in [3.63, 3.8) is 0 Å². The van der Waals surface area contributed by atoms with E-state index in [2.05, 4.69) is 10.6 Å². The van der Waals surface area contributed by atoms with Gasteiger partial charge in [-0.2, -0.15) is 0 Å². The first kappa shape index (κ1) is 27.1. The number of hydrogen-bond acceptors (Lipinski definition) is 6. The molecule has 1 heterocycles. The van der Waals surface area contributed by atoms with Crippen molar-refractivity contribution in [2.45, 2.75) is 18.4 Å². The third-order valence-electron chi connectivity index (χ3n) is 6.62. The van der Waals surface area contributed by atoms with E-state index in [0.717, 1.165) is 10.5 Å². The van der Waals surface area contributed by atoms with Gasteiger partial charge in [0.2, 0.25) is 6.23 Å². The number of hydrogen-bond donors (Lipinski definition) is 2. The molecular formula is C32H27N3O6. The van der Waals surface area contributed by atoms with Crippen molar-refractivity contribution in [1.29, 1.82) is 0 Å². The summed E-state index contributed by atoms with van der Waals surface area (Å²) in [6.07, 6.45) is -2.21. The maximum atomic E-state index is 14.3. The number of carbonyl (C=O) groups excluding carboxylic acids is 4. The lowest BCUT2D eigenvalue weighted by Gasteiger charge is -2.30. The van der Waals surface area contributed by atoms with Crippen LogP contribution in [0.5, 0.6) is 0 Å². The van der Waals surface area contributed by atoms with Crippen molar-refractivity contribution in [3.05, 3.63) is 144 Å². The van der Waals surface area contributed by atoms with Gasteiger partial charge >= 0.3 is 18.1 Å². The van der Waals surface area contributed by atoms with E-state index in [1.165, 1.54) is 0 Å². The van der Waals surface area contributed by atoms with Gasteiger partial charge < -0.3 is 20.1 Å². The lowest BCUT2D eigenvalue weighted by Crippen LogP contribution is -2.45. The van der Waals surface area contributed by atoms with Crippen molar-refractivity contribution in [2.24, 2.45) is 0 Å². The summed E-state index contributed by atoms with van der Waals surface area (Å²) >= 11 is 0. The van der Waals surface area contributed by atoms with Gasteiger partial charge in [-0.05, 0) is 16.7 Å². The highest BCUT2D eigenvalue weighted by molar-refractivity contribution is 6.10. The number of ether oxygens (including phenoxy) is 2. The van der Waals surface area contributed by atoms with E-state index in [4.69, 9.17) is 9.47 Å². The van der Waals surface area contributed by atoms with Gasteiger partial charge in [0, 0.05) is 5.56 Å². The molecule has 0 saturated carbocycles. The third-order valence-corrected chi connectivity index (χ3v) is 6.62. The van der Waals surface area contributed by atoms with E-state index in [1.54, 1.807) is 91.0 Å². The van der Waals surface area contributed by atoms with Crippen LogP contribution in [0, 0.1) is 0 Å². The Kier molecular flexibility index (Phi) is 8.05. The second-order valence-electron chi connectivity index (χ2n) is 9.26. The summed E-state index contributed by atoms with van der Waals surface area (Å²) in [6, 6.07) is 34.5. The molecule has 9 heteroatoms. The van der Waals surface area contributed by atoms with Crippen LogP contribution in [-0.4, -0.2) is 35.4 Å². The number of urea groups is 1. The molecular weight excluding hydrogens is 522 g/mol. The fraction of sp³-hybridized carbons (Fsp3) is 0.125. The molecule has 4 amide bonds. The largest absolute Gasteiger partial charge is 0.445 e. The van der Waals surface area contributed by atoms with Crippen LogP contribution in [0.4, 0.5) is 9.59 Å². The average Bonchev–Trinajstić information content (AvgIpc) is 3.29. The number of rotatable bonds is 9. The zero-order valence-electron chi connectivity index (χ0n) is 21.9. The first-order valence-corrected chi connectivity index (χ1v) is 12.9.